The number of ether oxygens (including phenoxy) is 1. The van der Waals surface area contributed by atoms with Gasteiger partial charge in [-0.05, 0) is 49.6 Å². The number of aliphatic hydroxyl groups excluding tert-OH is 1. The maximum atomic E-state index is 13.3. The largest absolute Gasteiger partial charge is 0.495 e. The van der Waals surface area contributed by atoms with Crippen LogP contribution in [0.4, 0.5) is 5.69 Å². The summed E-state index contributed by atoms with van der Waals surface area (Å²) in [6, 6.07) is 10.5. The van der Waals surface area contributed by atoms with Gasteiger partial charge in [-0.1, -0.05) is 18.2 Å². The molecule has 0 aromatic heterocycles. The van der Waals surface area contributed by atoms with Gasteiger partial charge in [0.05, 0.1) is 18.9 Å². The lowest BCUT2D eigenvalue weighted by Gasteiger charge is -2.33. The molecule has 128 valence electrons. The van der Waals surface area contributed by atoms with Crippen molar-refractivity contribution in [1.29, 1.82) is 0 Å². The highest BCUT2D eigenvalue weighted by molar-refractivity contribution is 7.93. The van der Waals surface area contributed by atoms with Crippen molar-refractivity contribution in [3.8, 4) is 5.75 Å². The quantitative estimate of drug-likeness (QED) is 0.927. The van der Waals surface area contributed by atoms with E-state index in [1.54, 1.807) is 36.4 Å². The summed E-state index contributed by atoms with van der Waals surface area (Å²) in [6.45, 7) is 4.03. The van der Waals surface area contributed by atoms with Gasteiger partial charge in [-0.25, -0.2) is 8.42 Å². The topological polar surface area (TPSA) is 66.8 Å². The first-order valence-corrected chi connectivity index (χ1v) is 9.25. The molecule has 2 aromatic carbocycles. The molecule has 2 aromatic rings. The van der Waals surface area contributed by atoms with Crippen LogP contribution in [0.1, 0.15) is 29.2 Å². The summed E-state index contributed by atoms with van der Waals surface area (Å²) in [5.41, 5.74) is 3.02. The van der Waals surface area contributed by atoms with Crippen LogP contribution < -0.4 is 9.04 Å². The maximum Gasteiger partial charge on any atom is 0.268 e. The third kappa shape index (κ3) is 2.65. The van der Waals surface area contributed by atoms with Crippen molar-refractivity contribution in [3.63, 3.8) is 0 Å². The third-order valence-electron chi connectivity index (χ3n) is 4.52. The van der Waals surface area contributed by atoms with Crippen LogP contribution in [0.3, 0.4) is 0 Å². The molecule has 1 heterocycles. The Labute approximate surface area is 142 Å². The number of para-hydroxylation sites is 1. The summed E-state index contributed by atoms with van der Waals surface area (Å²) in [5.74, 6) is 0.335. The van der Waals surface area contributed by atoms with Gasteiger partial charge in [0.2, 0.25) is 0 Å². The predicted molar refractivity (Wildman–Crippen MR) is 93.0 cm³/mol. The van der Waals surface area contributed by atoms with E-state index in [9.17, 15) is 13.5 Å². The lowest BCUT2D eigenvalue weighted by Crippen LogP contribution is -2.37. The van der Waals surface area contributed by atoms with Crippen LogP contribution >= 0.6 is 0 Å². The average Bonchev–Trinajstić information content (AvgIpc) is 2.57. The fraction of sp³-hybridized carbons (Fsp3) is 0.333. The van der Waals surface area contributed by atoms with E-state index in [0.29, 0.717) is 23.4 Å². The lowest BCUT2D eigenvalue weighted by atomic mass is 10.0. The Kier molecular flexibility index (Phi) is 4.27. The van der Waals surface area contributed by atoms with E-state index in [4.69, 9.17) is 4.74 Å². The molecule has 3 rings (SSSR count). The molecule has 0 fully saturated rings. The van der Waals surface area contributed by atoms with Gasteiger partial charge in [-0.3, -0.25) is 4.31 Å². The van der Waals surface area contributed by atoms with Gasteiger partial charge in [0, 0.05) is 12.1 Å². The molecule has 0 saturated heterocycles. The summed E-state index contributed by atoms with van der Waals surface area (Å²) < 4.78 is 33.2. The number of rotatable bonds is 3. The SMILES string of the molecule is COc1cc(C)c(C)cc1S(=O)(=O)N1CCC(O)c2ccccc21. The summed E-state index contributed by atoms with van der Waals surface area (Å²) in [6.07, 6.45) is -0.280. The second kappa shape index (κ2) is 6.11. The van der Waals surface area contributed by atoms with Crippen molar-refractivity contribution < 1.29 is 18.3 Å². The van der Waals surface area contributed by atoms with E-state index in [0.717, 1.165) is 11.1 Å². The van der Waals surface area contributed by atoms with Crippen molar-refractivity contribution in [3.05, 3.63) is 53.1 Å². The van der Waals surface area contributed by atoms with E-state index in [2.05, 4.69) is 0 Å². The van der Waals surface area contributed by atoms with Gasteiger partial charge in [-0.15, -0.1) is 0 Å². The number of hydrogen-bond donors (Lipinski definition) is 1. The molecule has 0 spiro atoms. The number of hydrogen-bond acceptors (Lipinski definition) is 4. The molecule has 5 nitrogen and oxygen atoms in total. The van der Waals surface area contributed by atoms with E-state index in [-0.39, 0.29) is 11.4 Å². The Morgan fingerprint density at radius 3 is 2.54 bits per heavy atom. The molecule has 0 radical (unpaired) electrons. The van der Waals surface area contributed by atoms with Crippen LogP contribution in [-0.2, 0) is 10.0 Å². The molecule has 0 bridgehead atoms. The van der Waals surface area contributed by atoms with Gasteiger partial charge in [0.15, 0.2) is 0 Å². The number of sulfonamides is 1. The zero-order chi connectivity index (χ0) is 17.5. The number of methoxy groups -OCH3 is 1. The van der Waals surface area contributed by atoms with Crippen LogP contribution in [0, 0.1) is 13.8 Å². The number of aryl methyl sites for hydroxylation is 2. The zero-order valence-corrected chi connectivity index (χ0v) is 14.8. The maximum absolute atomic E-state index is 13.3. The van der Waals surface area contributed by atoms with Crippen LogP contribution in [0.15, 0.2) is 41.3 Å². The first-order chi connectivity index (χ1) is 11.4. The molecule has 1 unspecified atom stereocenters. The van der Waals surface area contributed by atoms with Gasteiger partial charge >= 0.3 is 0 Å². The predicted octanol–water partition coefficient (Wildman–Crippen LogP) is 2.94. The van der Waals surface area contributed by atoms with Crippen LogP contribution in [0.5, 0.6) is 5.75 Å². The highest BCUT2D eigenvalue weighted by atomic mass is 32.2. The number of aliphatic hydroxyl groups is 1. The molecule has 1 aliphatic rings. The molecule has 1 N–H and O–H groups in total. The van der Waals surface area contributed by atoms with Crippen molar-refractivity contribution in [2.45, 2.75) is 31.3 Å². The number of anilines is 1. The van der Waals surface area contributed by atoms with Crippen molar-refractivity contribution in [2.75, 3.05) is 18.0 Å². The van der Waals surface area contributed by atoms with Gasteiger partial charge in [0.1, 0.15) is 10.6 Å². The highest BCUT2D eigenvalue weighted by Gasteiger charge is 2.34. The molecule has 0 amide bonds. The molecule has 6 heteroatoms. The fourth-order valence-electron chi connectivity index (χ4n) is 3.00. The van der Waals surface area contributed by atoms with Gasteiger partial charge < -0.3 is 9.84 Å². The van der Waals surface area contributed by atoms with Crippen LogP contribution in [0.25, 0.3) is 0 Å². The Hall–Kier alpha value is -2.05. The van der Waals surface area contributed by atoms with Gasteiger partial charge in [0.25, 0.3) is 10.0 Å². The summed E-state index contributed by atoms with van der Waals surface area (Å²) >= 11 is 0. The summed E-state index contributed by atoms with van der Waals surface area (Å²) in [5, 5.41) is 10.2. The Morgan fingerprint density at radius 2 is 1.83 bits per heavy atom. The summed E-state index contributed by atoms with van der Waals surface area (Å²) in [4.78, 5) is 0.152. The molecule has 1 aliphatic heterocycles. The van der Waals surface area contributed by atoms with E-state index < -0.39 is 16.1 Å². The molecule has 24 heavy (non-hydrogen) atoms. The Balaban J connectivity index is 2.17. The average molecular weight is 347 g/mol. The van der Waals surface area contributed by atoms with Crippen molar-refractivity contribution in [2.24, 2.45) is 0 Å². The third-order valence-corrected chi connectivity index (χ3v) is 6.35. The Bertz CT molecular complexity index is 877. The first kappa shape index (κ1) is 16.8. The summed E-state index contributed by atoms with van der Waals surface area (Å²) in [7, 11) is -2.31. The second-order valence-electron chi connectivity index (χ2n) is 6.03. The van der Waals surface area contributed by atoms with Crippen molar-refractivity contribution in [1.82, 2.24) is 0 Å². The standard InChI is InChI=1S/C18H21NO4S/c1-12-10-17(23-3)18(11-13(12)2)24(21,22)19-9-8-16(20)14-6-4-5-7-15(14)19/h4-7,10-11,16,20H,8-9H2,1-3H3. The molecule has 0 aliphatic carbocycles. The molecular weight excluding hydrogens is 326 g/mol. The lowest BCUT2D eigenvalue weighted by molar-refractivity contribution is 0.166. The monoisotopic (exact) mass is 347 g/mol. The minimum absolute atomic E-state index is 0.152. The van der Waals surface area contributed by atoms with E-state index >= 15 is 0 Å². The second-order valence-corrected chi connectivity index (χ2v) is 7.86. The Morgan fingerprint density at radius 1 is 1.17 bits per heavy atom. The fourth-order valence-corrected chi connectivity index (χ4v) is 4.74. The van der Waals surface area contributed by atoms with E-state index in [1.807, 2.05) is 13.8 Å². The number of nitrogens with zero attached hydrogens (tertiary/aromatic N) is 1. The molecule has 0 saturated carbocycles. The van der Waals surface area contributed by atoms with Crippen molar-refractivity contribution >= 4 is 15.7 Å². The van der Waals surface area contributed by atoms with E-state index in [1.165, 1.54) is 11.4 Å². The minimum atomic E-state index is -3.78. The van der Waals surface area contributed by atoms with Crippen LogP contribution in [-0.4, -0.2) is 27.2 Å². The number of benzene rings is 2. The molecular formula is C18H21NO4S. The smallest absolute Gasteiger partial charge is 0.268 e. The molecule has 1 atom stereocenters. The first-order valence-electron chi connectivity index (χ1n) is 7.81. The minimum Gasteiger partial charge on any atom is -0.495 e. The van der Waals surface area contributed by atoms with Gasteiger partial charge in [-0.2, -0.15) is 0 Å². The van der Waals surface area contributed by atoms with Crippen LogP contribution in [0.2, 0.25) is 0 Å². The number of fused-ring (bicyclic) bond motifs is 1. The normalized spacial score (nSPS) is 17.5. The highest BCUT2D eigenvalue weighted by Crippen LogP contribution is 2.39. The zero-order valence-electron chi connectivity index (χ0n) is 14.0.